The molecule has 0 aliphatic heterocycles. The average molecular weight is 210 g/mol. The second-order valence-electron chi connectivity index (χ2n) is 4.90. The Bertz CT molecular complexity index is 246. The highest BCUT2D eigenvalue weighted by Gasteiger charge is 2.36. The number of aliphatic hydroxyl groups excluding tert-OH is 1. The summed E-state index contributed by atoms with van der Waals surface area (Å²) in [4.78, 5) is 4.24. The molecule has 0 aromatic heterocycles. The van der Waals surface area contributed by atoms with Gasteiger partial charge in [-0.25, -0.2) is 0 Å². The van der Waals surface area contributed by atoms with Crippen molar-refractivity contribution >= 4 is 0 Å². The number of allylic oxidation sites excluding steroid dienone is 2. The minimum Gasteiger partial charge on any atom is -0.388 e. The Balaban J connectivity index is 2.85. The molecule has 1 rings (SSSR count). The lowest BCUT2D eigenvalue weighted by Gasteiger charge is -2.39. The molecule has 1 aliphatic rings. The van der Waals surface area contributed by atoms with Crippen molar-refractivity contribution in [3.8, 4) is 0 Å². The molecule has 0 spiro atoms. The zero-order valence-corrected chi connectivity index (χ0v) is 10.1. The van der Waals surface area contributed by atoms with Crippen LogP contribution in [0.5, 0.6) is 0 Å². The third-order valence-corrected chi connectivity index (χ3v) is 2.64. The van der Waals surface area contributed by atoms with E-state index < -0.39 is 6.10 Å². The molecule has 15 heavy (non-hydrogen) atoms. The summed E-state index contributed by atoms with van der Waals surface area (Å²) < 4.78 is 0. The van der Waals surface area contributed by atoms with Crippen LogP contribution in [0.25, 0.3) is 0 Å². The van der Waals surface area contributed by atoms with Crippen LogP contribution in [-0.2, 0) is 0 Å². The number of hydrogen-bond acceptors (Lipinski definition) is 3. The van der Waals surface area contributed by atoms with Crippen molar-refractivity contribution < 1.29 is 5.11 Å². The molecule has 1 aliphatic carbocycles. The van der Waals surface area contributed by atoms with Crippen molar-refractivity contribution in [3.63, 3.8) is 0 Å². The van der Waals surface area contributed by atoms with E-state index in [0.717, 1.165) is 13.1 Å². The van der Waals surface area contributed by atoms with Gasteiger partial charge in [-0.3, -0.25) is 0 Å². The summed E-state index contributed by atoms with van der Waals surface area (Å²) in [5.41, 5.74) is -0.179. The summed E-state index contributed by atoms with van der Waals surface area (Å²) in [6.45, 7) is 1.71. The van der Waals surface area contributed by atoms with Crippen molar-refractivity contribution in [1.82, 2.24) is 9.80 Å². The van der Waals surface area contributed by atoms with E-state index in [4.69, 9.17) is 0 Å². The Labute approximate surface area is 92.7 Å². The molecule has 0 heterocycles. The van der Waals surface area contributed by atoms with Crippen molar-refractivity contribution in [2.75, 3.05) is 41.3 Å². The molecule has 3 heteroatoms. The molecular formula is C12H22N2O. The first kappa shape index (κ1) is 12.4. The third-order valence-electron chi connectivity index (χ3n) is 2.64. The SMILES string of the molecule is CN(C)CC1(CN(C)C)C=CC=CC1O. The summed E-state index contributed by atoms with van der Waals surface area (Å²) in [7, 11) is 8.15. The van der Waals surface area contributed by atoms with Crippen LogP contribution in [0.1, 0.15) is 0 Å². The highest BCUT2D eigenvalue weighted by Crippen LogP contribution is 2.29. The van der Waals surface area contributed by atoms with Crippen LogP contribution in [0, 0.1) is 5.41 Å². The maximum Gasteiger partial charge on any atom is 0.0839 e. The van der Waals surface area contributed by atoms with Gasteiger partial charge >= 0.3 is 0 Å². The smallest absolute Gasteiger partial charge is 0.0839 e. The maximum absolute atomic E-state index is 10.1. The van der Waals surface area contributed by atoms with Crippen molar-refractivity contribution in [1.29, 1.82) is 0 Å². The van der Waals surface area contributed by atoms with Crippen molar-refractivity contribution in [2.45, 2.75) is 6.10 Å². The van der Waals surface area contributed by atoms with Crippen LogP contribution in [0.3, 0.4) is 0 Å². The molecule has 0 radical (unpaired) electrons. The average Bonchev–Trinajstić information content (AvgIpc) is 2.08. The Morgan fingerprint density at radius 3 is 2.00 bits per heavy atom. The van der Waals surface area contributed by atoms with E-state index in [0.29, 0.717) is 0 Å². The molecular weight excluding hydrogens is 188 g/mol. The van der Waals surface area contributed by atoms with E-state index in [2.05, 4.69) is 15.9 Å². The van der Waals surface area contributed by atoms with Gasteiger partial charge in [0.15, 0.2) is 0 Å². The number of aliphatic hydroxyl groups is 1. The highest BCUT2D eigenvalue weighted by molar-refractivity contribution is 5.22. The zero-order valence-electron chi connectivity index (χ0n) is 10.1. The van der Waals surface area contributed by atoms with Crippen molar-refractivity contribution in [2.24, 2.45) is 5.41 Å². The molecule has 0 fully saturated rings. The van der Waals surface area contributed by atoms with Gasteiger partial charge in [-0.1, -0.05) is 24.3 Å². The molecule has 0 amide bonds. The van der Waals surface area contributed by atoms with E-state index in [1.165, 1.54) is 0 Å². The van der Waals surface area contributed by atoms with Crippen LogP contribution in [0.2, 0.25) is 0 Å². The second-order valence-corrected chi connectivity index (χ2v) is 4.90. The van der Waals surface area contributed by atoms with E-state index in [1.807, 2.05) is 46.4 Å². The van der Waals surface area contributed by atoms with Crippen molar-refractivity contribution in [3.05, 3.63) is 24.3 Å². The van der Waals surface area contributed by atoms with Gasteiger partial charge in [0.2, 0.25) is 0 Å². The van der Waals surface area contributed by atoms with Gasteiger partial charge in [0.25, 0.3) is 0 Å². The highest BCUT2D eigenvalue weighted by atomic mass is 16.3. The Morgan fingerprint density at radius 1 is 1.07 bits per heavy atom. The third kappa shape index (κ3) is 3.16. The Hall–Kier alpha value is -0.640. The van der Waals surface area contributed by atoms with E-state index in [-0.39, 0.29) is 5.41 Å². The lowest BCUT2D eigenvalue weighted by molar-refractivity contribution is 0.0529. The van der Waals surface area contributed by atoms with Crippen LogP contribution in [0.4, 0.5) is 0 Å². The summed E-state index contributed by atoms with van der Waals surface area (Å²) in [6.07, 6.45) is 7.53. The van der Waals surface area contributed by atoms with Crippen LogP contribution < -0.4 is 0 Å². The van der Waals surface area contributed by atoms with Gasteiger partial charge in [0, 0.05) is 18.5 Å². The van der Waals surface area contributed by atoms with Gasteiger partial charge in [0.05, 0.1) is 6.10 Å². The standard InChI is InChI=1S/C12H22N2O/c1-13(2)9-12(10-14(3)4)8-6-5-7-11(12)15/h5-8,11,15H,9-10H2,1-4H3. The lowest BCUT2D eigenvalue weighted by atomic mass is 9.78. The number of rotatable bonds is 4. The molecule has 3 nitrogen and oxygen atoms in total. The topological polar surface area (TPSA) is 26.7 Å². The lowest BCUT2D eigenvalue weighted by Crippen LogP contribution is -2.48. The first-order chi connectivity index (χ1) is 6.96. The fourth-order valence-corrected chi connectivity index (χ4v) is 2.23. The van der Waals surface area contributed by atoms with Crippen LogP contribution >= 0.6 is 0 Å². The molecule has 1 unspecified atom stereocenters. The van der Waals surface area contributed by atoms with Crippen LogP contribution in [-0.4, -0.2) is 62.3 Å². The Kier molecular flexibility index (Phi) is 4.08. The molecule has 0 bridgehead atoms. The molecule has 1 N–H and O–H groups in total. The maximum atomic E-state index is 10.1. The summed E-state index contributed by atoms with van der Waals surface area (Å²) in [5, 5.41) is 10.1. The largest absolute Gasteiger partial charge is 0.388 e. The molecule has 0 saturated heterocycles. The zero-order chi connectivity index (χ0) is 11.5. The predicted octanol–water partition coefficient (Wildman–Crippen LogP) is 0.583. The predicted molar refractivity (Wildman–Crippen MR) is 63.8 cm³/mol. The fourth-order valence-electron chi connectivity index (χ4n) is 2.23. The van der Waals surface area contributed by atoms with Gasteiger partial charge in [-0.15, -0.1) is 0 Å². The monoisotopic (exact) mass is 210 g/mol. The summed E-state index contributed by atoms with van der Waals surface area (Å²) >= 11 is 0. The number of nitrogens with zero attached hydrogens (tertiary/aromatic N) is 2. The summed E-state index contributed by atoms with van der Waals surface area (Å²) in [5.74, 6) is 0. The first-order valence-corrected chi connectivity index (χ1v) is 5.30. The van der Waals surface area contributed by atoms with E-state index in [9.17, 15) is 5.11 Å². The minimum atomic E-state index is -0.396. The molecule has 1 atom stereocenters. The van der Waals surface area contributed by atoms with Gasteiger partial charge in [-0.2, -0.15) is 0 Å². The molecule has 0 aromatic carbocycles. The molecule has 0 aromatic rings. The second kappa shape index (κ2) is 4.92. The van der Waals surface area contributed by atoms with E-state index >= 15 is 0 Å². The van der Waals surface area contributed by atoms with Gasteiger partial charge in [-0.05, 0) is 28.2 Å². The molecule has 0 saturated carbocycles. The van der Waals surface area contributed by atoms with E-state index in [1.54, 1.807) is 0 Å². The Morgan fingerprint density at radius 2 is 1.60 bits per heavy atom. The van der Waals surface area contributed by atoms with Gasteiger partial charge in [0.1, 0.15) is 0 Å². The minimum absolute atomic E-state index is 0.179. The molecule has 86 valence electrons. The van der Waals surface area contributed by atoms with Gasteiger partial charge < -0.3 is 14.9 Å². The fraction of sp³-hybridized carbons (Fsp3) is 0.667. The first-order valence-electron chi connectivity index (χ1n) is 5.30. The van der Waals surface area contributed by atoms with Crippen LogP contribution in [0.15, 0.2) is 24.3 Å². The number of hydrogen-bond donors (Lipinski definition) is 1. The summed E-state index contributed by atoms with van der Waals surface area (Å²) in [6, 6.07) is 0. The quantitative estimate of drug-likeness (QED) is 0.735. The normalized spacial score (nSPS) is 24.1.